The zero-order valence-electron chi connectivity index (χ0n) is 18.5. The largest absolute Gasteiger partial charge is 0.474 e. The molecule has 8 nitrogen and oxygen atoms in total. The Morgan fingerprint density at radius 3 is 2.83 bits per heavy atom. The van der Waals surface area contributed by atoms with Gasteiger partial charge in [0.2, 0.25) is 11.2 Å². The van der Waals surface area contributed by atoms with Gasteiger partial charge in [-0.25, -0.2) is 19.7 Å². The number of nitrogens with one attached hydrogen (secondary N) is 1. The summed E-state index contributed by atoms with van der Waals surface area (Å²) in [5.41, 5.74) is 1.54. The summed E-state index contributed by atoms with van der Waals surface area (Å²) in [6.07, 6.45) is -2.84. The van der Waals surface area contributed by atoms with Gasteiger partial charge in [0, 0.05) is 17.8 Å². The van der Waals surface area contributed by atoms with Gasteiger partial charge >= 0.3 is 12.2 Å². The number of fused-ring (bicyclic) bond motifs is 2. The van der Waals surface area contributed by atoms with Crippen molar-refractivity contribution in [1.82, 2.24) is 19.9 Å². The Labute approximate surface area is 203 Å². The highest BCUT2D eigenvalue weighted by molar-refractivity contribution is 6.28. The summed E-state index contributed by atoms with van der Waals surface area (Å²) >= 11 is 6.14. The second kappa shape index (κ2) is 8.88. The quantitative estimate of drug-likeness (QED) is 0.502. The lowest BCUT2D eigenvalue weighted by molar-refractivity contribution is -0.137. The van der Waals surface area contributed by atoms with Gasteiger partial charge in [0.05, 0.1) is 30.9 Å². The van der Waals surface area contributed by atoms with Gasteiger partial charge in [0.15, 0.2) is 0 Å². The number of ether oxygens (including phenoxy) is 1. The summed E-state index contributed by atoms with van der Waals surface area (Å²) in [5, 5.41) is 3.13. The van der Waals surface area contributed by atoms with E-state index >= 15 is 0 Å². The maximum absolute atomic E-state index is 13.4. The molecular formula is C23H20ClF3N6O2. The highest BCUT2D eigenvalue weighted by atomic mass is 35.5. The molecule has 2 aliphatic heterocycles. The highest BCUT2D eigenvalue weighted by Gasteiger charge is 2.35. The molecule has 2 amide bonds. The number of pyridine rings is 1. The average molecular weight is 505 g/mol. The summed E-state index contributed by atoms with van der Waals surface area (Å²) in [6, 6.07) is 7.85. The van der Waals surface area contributed by atoms with E-state index in [-0.39, 0.29) is 24.4 Å². The molecule has 5 rings (SSSR count). The third-order valence-electron chi connectivity index (χ3n) is 5.92. The highest BCUT2D eigenvalue weighted by Crippen LogP contribution is 2.35. The smallest absolute Gasteiger partial charge is 0.416 e. The van der Waals surface area contributed by atoms with Gasteiger partial charge in [-0.2, -0.15) is 13.2 Å². The Morgan fingerprint density at radius 2 is 2.03 bits per heavy atom. The van der Waals surface area contributed by atoms with Gasteiger partial charge in [-0.1, -0.05) is 12.1 Å². The van der Waals surface area contributed by atoms with Crippen molar-refractivity contribution < 1.29 is 22.7 Å². The minimum atomic E-state index is -4.44. The molecule has 0 unspecified atom stereocenters. The van der Waals surface area contributed by atoms with Crippen LogP contribution in [-0.4, -0.2) is 39.0 Å². The van der Waals surface area contributed by atoms with E-state index in [1.807, 2.05) is 0 Å². The summed E-state index contributed by atoms with van der Waals surface area (Å²) in [5.74, 6) is 0.771. The predicted molar refractivity (Wildman–Crippen MR) is 122 cm³/mol. The number of halogens is 4. The van der Waals surface area contributed by atoms with Crippen molar-refractivity contribution in [2.75, 3.05) is 23.4 Å². The van der Waals surface area contributed by atoms with Crippen LogP contribution in [0.25, 0.3) is 0 Å². The summed E-state index contributed by atoms with van der Waals surface area (Å²) < 4.78 is 45.0. The molecule has 2 aliphatic rings. The van der Waals surface area contributed by atoms with E-state index in [1.165, 1.54) is 6.07 Å². The van der Waals surface area contributed by atoms with Crippen LogP contribution in [0, 0.1) is 0 Å². The first-order valence-corrected chi connectivity index (χ1v) is 11.2. The first-order valence-electron chi connectivity index (χ1n) is 10.8. The van der Waals surface area contributed by atoms with Crippen molar-refractivity contribution >= 4 is 29.1 Å². The molecule has 4 heterocycles. The number of rotatable bonds is 3. The molecular weight excluding hydrogens is 485 g/mol. The fourth-order valence-corrected chi connectivity index (χ4v) is 4.36. The Balaban J connectivity index is 1.37. The number of benzene rings is 1. The molecule has 0 spiro atoms. The average Bonchev–Trinajstić information content (AvgIpc) is 3.27. The second-order valence-electron chi connectivity index (χ2n) is 8.22. The van der Waals surface area contributed by atoms with Crippen LogP contribution in [0.5, 0.6) is 5.88 Å². The number of carbonyl (C=O) groups is 1. The first-order chi connectivity index (χ1) is 16.7. The third-order valence-corrected chi connectivity index (χ3v) is 6.09. The van der Waals surface area contributed by atoms with Crippen molar-refractivity contribution in [3.63, 3.8) is 0 Å². The van der Waals surface area contributed by atoms with Crippen LogP contribution in [0.15, 0.2) is 42.6 Å². The van der Waals surface area contributed by atoms with Crippen LogP contribution >= 0.6 is 11.6 Å². The van der Waals surface area contributed by atoms with Crippen LogP contribution in [0.1, 0.15) is 35.3 Å². The number of anilines is 2. The third kappa shape index (κ3) is 4.55. The lowest BCUT2D eigenvalue weighted by Crippen LogP contribution is -2.45. The topological polar surface area (TPSA) is 83.5 Å². The molecule has 0 saturated carbocycles. The molecule has 35 heavy (non-hydrogen) atoms. The number of hydrogen-bond acceptors (Lipinski definition) is 6. The molecule has 2 aromatic heterocycles. The second-order valence-corrected chi connectivity index (χ2v) is 8.56. The first kappa shape index (κ1) is 23.2. The summed E-state index contributed by atoms with van der Waals surface area (Å²) in [6.45, 7) is 2.86. The van der Waals surface area contributed by atoms with Crippen molar-refractivity contribution in [1.29, 1.82) is 0 Å². The maximum atomic E-state index is 13.4. The van der Waals surface area contributed by atoms with E-state index in [9.17, 15) is 18.0 Å². The Bertz CT molecular complexity index is 1290. The fraction of sp³-hybridized carbons (Fsp3) is 0.304. The Hall–Kier alpha value is -3.60. The number of aromatic nitrogens is 3. The van der Waals surface area contributed by atoms with Crippen molar-refractivity contribution in [2.24, 2.45) is 0 Å². The number of nitrogens with zero attached hydrogens (tertiary/aromatic N) is 5. The van der Waals surface area contributed by atoms with Crippen molar-refractivity contribution in [3.8, 4) is 5.88 Å². The Kier molecular flexibility index (Phi) is 5.87. The lowest BCUT2D eigenvalue weighted by atomic mass is 10.0. The van der Waals surface area contributed by atoms with Crippen LogP contribution in [0.4, 0.5) is 29.5 Å². The zero-order valence-corrected chi connectivity index (χ0v) is 19.3. The van der Waals surface area contributed by atoms with Gasteiger partial charge < -0.3 is 15.0 Å². The minimum Gasteiger partial charge on any atom is -0.474 e. The normalized spacial score (nSPS) is 15.8. The van der Waals surface area contributed by atoms with Gasteiger partial charge in [0.1, 0.15) is 18.1 Å². The van der Waals surface area contributed by atoms with Crippen LogP contribution < -0.4 is 15.0 Å². The van der Waals surface area contributed by atoms with Crippen LogP contribution in [-0.2, 0) is 19.3 Å². The number of amides is 2. The molecule has 12 heteroatoms. The SMILES string of the molecule is C[C@@H](Nc1nc(Cl)nc2c1CN(C(=O)N1CCOc3ncccc31)C2)c1cccc(C(F)(F)F)c1. The van der Waals surface area contributed by atoms with E-state index in [4.69, 9.17) is 16.3 Å². The monoisotopic (exact) mass is 504 g/mol. The molecule has 182 valence electrons. The van der Waals surface area contributed by atoms with E-state index in [0.29, 0.717) is 47.4 Å². The van der Waals surface area contributed by atoms with Crippen molar-refractivity contribution in [3.05, 3.63) is 70.3 Å². The summed E-state index contributed by atoms with van der Waals surface area (Å²) in [4.78, 5) is 29.3. The standard InChI is InChI=1S/C23H20ClF3N6O2/c1-13(14-4-2-5-15(10-14)23(25,26)27)29-19-16-11-32(12-17(16)30-21(24)31-19)22(34)33-8-9-35-20-18(33)6-3-7-28-20/h2-7,10,13H,8-9,11-12H2,1H3,(H,29,30,31)/t13-/m1/s1. The molecule has 1 N–H and O–H groups in total. The number of carbonyl (C=O) groups excluding carboxylic acids is 1. The maximum Gasteiger partial charge on any atom is 0.416 e. The zero-order chi connectivity index (χ0) is 24.7. The number of hydrogen-bond donors (Lipinski definition) is 1. The summed E-state index contributed by atoms with van der Waals surface area (Å²) in [7, 11) is 0. The molecule has 0 bridgehead atoms. The van der Waals surface area contributed by atoms with Gasteiger partial charge in [-0.3, -0.25) is 4.90 Å². The van der Waals surface area contributed by atoms with E-state index in [1.54, 1.807) is 41.1 Å². The lowest BCUT2D eigenvalue weighted by Gasteiger charge is -2.31. The fourth-order valence-electron chi connectivity index (χ4n) is 4.17. The van der Waals surface area contributed by atoms with Crippen LogP contribution in [0.3, 0.4) is 0 Å². The molecule has 0 saturated heterocycles. The number of alkyl halides is 3. The van der Waals surface area contributed by atoms with Gasteiger partial charge in [-0.15, -0.1) is 0 Å². The molecule has 0 fully saturated rings. The molecule has 1 atom stereocenters. The van der Waals surface area contributed by atoms with Gasteiger partial charge in [0.25, 0.3) is 0 Å². The van der Waals surface area contributed by atoms with Crippen LogP contribution in [0.2, 0.25) is 5.28 Å². The minimum absolute atomic E-state index is 0.0160. The molecule has 3 aromatic rings. The molecule has 1 aromatic carbocycles. The van der Waals surface area contributed by atoms with Gasteiger partial charge in [-0.05, 0) is 48.4 Å². The number of urea groups is 1. The van der Waals surface area contributed by atoms with E-state index in [2.05, 4.69) is 20.3 Å². The predicted octanol–water partition coefficient (Wildman–Crippen LogP) is 5.05. The van der Waals surface area contributed by atoms with E-state index in [0.717, 1.165) is 12.1 Å². The molecule has 0 radical (unpaired) electrons. The Morgan fingerprint density at radius 1 is 1.20 bits per heavy atom. The molecule has 0 aliphatic carbocycles. The van der Waals surface area contributed by atoms with Crippen molar-refractivity contribution in [2.45, 2.75) is 32.2 Å². The van der Waals surface area contributed by atoms with E-state index < -0.39 is 17.8 Å².